The maximum Gasteiger partial charge on any atom is 0.275 e. The number of amides is 2. The summed E-state index contributed by atoms with van der Waals surface area (Å²) in [6.07, 6.45) is 2.82. The van der Waals surface area contributed by atoms with E-state index in [9.17, 15) is 9.59 Å². The minimum Gasteiger partial charge on any atom is -0.493 e. The lowest BCUT2D eigenvalue weighted by molar-refractivity contribution is -0.121. The Balaban J connectivity index is 1.64. The molecular formula is C19H22ClN3O4. The molecule has 1 aliphatic rings. The Morgan fingerprint density at radius 1 is 1.30 bits per heavy atom. The van der Waals surface area contributed by atoms with E-state index < -0.39 is 5.41 Å². The second-order valence-electron chi connectivity index (χ2n) is 6.93. The molecule has 2 N–H and O–H groups in total. The molecule has 2 aromatic rings. The van der Waals surface area contributed by atoms with E-state index >= 15 is 0 Å². The number of primary amides is 1. The third-order valence-electron chi connectivity index (χ3n) is 4.86. The average Bonchev–Trinajstić information content (AvgIpc) is 3.07. The van der Waals surface area contributed by atoms with Crippen LogP contribution < -0.4 is 10.5 Å². The van der Waals surface area contributed by atoms with Gasteiger partial charge >= 0.3 is 0 Å². The van der Waals surface area contributed by atoms with Crippen molar-refractivity contribution in [3.63, 3.8) is 0 Å². The summed E-state index contributed by atoms with van der Waals surface area (Å²) in [7, 11) is 0. The summed E-state index contributed by atoms with van der Waals surface area (Å²) in [6, 6.07) is 7.06. The highest BCUT2D eigenvalue weighted by Gasteiger charge is 2.38. The van der Waals surface area contributed by atoms with Gasteiger partial charge in [0.15, 0.2) is 11.6 Å². The molecule has 0 aliphatic carbocycles. The Hall–Kier alpha value is -2.54. The number of carbonyl (C=O) groups excluding carboxylic acids is 2. The first-order valence-corrected chi connectivity index (χ1v) is 9.13. The number of carbonyl (C=O) groups is 2. The second kappa shape index (κ2) is 8.00. The van der Waals surface area contributed by atoms with Crippen LogP contribution in [0.4, 0.5) is 0 Å². The number of aromatic nitrogens is 1. The minimum absolute atomic E-state index is 0.168. The van der Waals surface area contributed by atoms with E-state index in [-0.39, 0.29) is 18.2 Å². The molecule has 0 saturated carbocycles. The number of likely N-dealkylation sites (tertiary alicyclic amines) is 1. The highest BCUT2D eigenvalue weighted by atomic mass is 35.5. The molecule has 27 heavy (non-hydrogen) atoms. The quantitative estimate of drug-likeness (QED) is 0.816. The number of hydrogen-bond acceptors (Lipinski definition) is 5. The molecule has 3 rings (SSSR count). The Morgan fingerprint density at radius 2 is 1.96 bits per heavy atom. The van der Waals surface area contributed by atoms with Gasteiger partial charge in [-0.25, -0.2) is 4.98 Å². The normalized spacial score (nSPS) is 16.1. The monoisotopic (exact) mass is 391 g/mol. The van der Waals surface area contributed by atoms with Gasteiger partial charge in [-0.2, -0.15) is 0 Å². The third-order valence-corrected chi connectivity index (χ3v) is 5.11. The van der Waals surface area contributed by atoms with E-state index in [1.807, 2.05) is 0 Å². The molecular weight excluding hydrogens is 370 g/mol. The largest absolute Gasteiger partial charge is 0.493 e. The standard InChI is InChI=1S/C19H22ClN3O4/c1-13-22-16(11-26-13)18(25)23-8-6-19(7-9-23,10-17(21)24)12-27-15-4-2-14(20)3-5-15/h2-5,11H,6-10,12H2,1H3,(H2,21,24). The van der Waals surface area contributed by atoms with Crippen LogP contribution in [0.1, 0.15) is 35.6 Å². The van der Waals surface area contributed by atoms with Crippen molar-refractivity contribution < 1.29 is 18.7 Å². The Morgan fingerprint density at radius 3 is 2.52 bits per heavy atom. The molecule has 0 radical (unpaired) electrons. The van der Waals surface area contributed by atoms with Crippen LogP contribution in [0.25, 0.3) is 0 Å². The number of oxazole rings is 1. The molecule has 0 spiro atoms. The fraction of sp³-hybridized carbons (Fsp3) is 0.421. The number of hydrogen-bond donors (Lipinski definition) is 1. The Bertz CT molecular complexity index is 811. The van der Waals surface area contributed by atoms with Crippen LogP contribution >= 0.6 is 11.6 Å². The fourth-order valence-corrected chi connectivity index (χ4v) is 3.44. The highest BCUT2D eigenvalue weighted by Crippen LogP contribution is 2.36. The summed E-state index contributed by atoms with van der Waals surface area (Å²) >= 11 is 5.89. The van der Waals surface area contributed by atoms with Gasteiger partial charge in [-0.3, -0.25) is 9.59 Å². The number of nitrogens with zero attached hydrogens (tertiary/aromatic N) is 2. The van der Waals surface area contributed by atoms with E-state index in [1.165, 1.54) is 6.26 Å². The second-order valence-corrected chi connectivity index (χ2v) is 7.37. The summed E-state index contributed by atoms with van der Waals surface area (Å²) in [5.41, 5.74) is 5.37. The summed E-state index contributed by atoms with van der Waals surface area (Å²) in [6.45, 7) is 3.05. The average molecular weight is 392 g/mol. The van der Waals surface area contributed by atoms with Gasteiger partial charge in [0.2, 0.25) is 5.91 Å². The van der Waals surface area contributed by atoms with Crippen LogP contribution in [-0.4, -0.2) is 41.4 Å². The number of rotatable bonds is 6. The van der Waals surface area contributed by atoms with Crippen molar-refractivity contribution in [2.45, 2.75) is 26.2 Å². The predicted octanol–water partition coefficient (Wildman–Crippen LogP) is 2.81. The van der Waals surface area contributed by atoms with Gasteiger partial charge < -0.3 is 19.8 Å². The van der Waals surface area contributed by atoms with Crippen LogP contribution in [0.15, 0.2) is 34.9 Å². The van der Waals surface area contributed by atoms with Crippen molar-refractivity contribution in [3.8, 4) is 5.75 Å². The first-order valence-electron chi connectivity index (χ1n) is 8.75. The number of benzene rings is 1. The van der Waals surface area contributed by atoms with E-state index in [2.05, 4.69) is 4.98 Å². The van der Waals surface area contributed by atoms with E-state index in [4.69, 9.17) is 26.5 Å². The molecule has 1 aliphatic heterocycles. The summed E-state index contributed by atoms with van der Waals surface area (Å²) in [4.78, 5) is 29.9. The summed E-state index contributed by atoms with van der Waals surface area (Å²) in [5.74, 6) is 0.592. The van der Waals surface area contributed by atoms with Crippen molar-refractivity contribution in [1.82, 2.24) is 9.88 Å². The van der Waals surface area contributed by atoms with Gasteiger partial charge in [0.1, 0.15) is 12.0 Å². The van der Waals surface area contributed by atoms with Crippen LogP contribution in [0, 0.1) is 12.3 Å². The topological polar surface area (TPSA) is 98.7 Å². The van der Waals surface area contributed by atoms with Gasteiger partial charge in [-0.15, -0.1) is 0 Å². The molecule has 0 unspecified atom stereocenters. The van der Waals surface area contributed by atoms with Gasteiger partial charge in [0.05, 0.1) is 6.61 Å². The zero-order chi connectivity index (χ0) is 19.4. The Kier molecular flexibility index (Phi) is 5.70. The van der Waals surface area contributed by atoms with Crippen molar-refractivity contribution >= 4 is 23.4 Å². The maximum atomic E-state index is 12.5. The van der Waals surface area contributed by atoms with Crippen LogP contribution in [0.5, 0.6) is 5.75 Å². The van der Waals surface area contributed by atoms with E-state index in [0.29, 0.717) is 54.9 Å². The van der Waals surface area contributed by atoms with E-state index in [1.54, 1.807) is 36.1 Å². The maximum absolute atomic E-state index is 12.5. The number of ether oxygens (including phenoxy) is 1. The molecule has 8 heteroatoms. The van der Waals surface area contributed by atoms with Crippen molar-refractivity contribution in [3.05, 3.63) is 47.1 Å². The molecule has 1 saturated heterocycles. The predicted molar refractivity (Wildman–Crippen MR) is 99.6 cm³/mol. The Labute approximate surface area is 162 Å². The van der Waals surface area contributed by atoms with Crippen molar-refractivity contribution in [2.24, 2.45) is 11.1 Å². The highest BCUT2D eigenvalue weighted by molar-refractivity contribution is 6.30. The number of halogens is 1. The van der Waals surface area contributed by atoms with E-state index in [0.717, 1.165) is 0 Å². The number of aryl methyl sites for hydroxylation is 1. The van der Waals surface area contributed by atoms with Crippen LogP contribution in [0.3, 0.4) is 0 Å². The van der Waals surface area contributed by atoms with Crippen molar-refractivity contribution in [2.75, 3.05) is 19.7 Å². The lowest BCUT2D eigenvalue weighted by Gasteiger charge is -2.40. The SMILES string of the molecule is Cc1nc(C(=O)N2CCC(COc3ccc(Cl)cc3)(CC(N)=O)CC2)co1. The molecule has 1 fully saturated rings. The lowest BCUT2D eigenvalue weighted by atomic mass is 9.76. The first kappa shape index (κ1) is 19.2. The lowest BCUT2D eigenvalue weighted by Crippen LogP contribution is -2.47. The smallest absolute Gasteiger partial charge is 0.275 e. The molecule has 1 aromatic carbocycles. The first-order chi connectivity index (χ1) is 12.9. The zero-order valence-electron chi connectivity index (χ0n) is 15.1. The van der Waals surface area contributed by atoms with Gasteiger partial charge in [-0.1, -0.05) is 11.6 Å². The number of piperidine rings is 1. The number of nitrogens with two attached hydrogens (primary N) is 1. The van der Waals surface area contributed by atoms with Gasteiger partial charge in [0.25, 0.3) is 5.91 Å². The zero-order valence-corrected chi connectivity index (χ0v) is 15.9. The minimum atomic E-state index is -0.401. The fourth-order valence-electron chi connectivity index (χ4n) is 3.32. The van der Waals surface area contributed by atoms with Gasteiger partial charge in [0, 0.05) is 36.9 Å². The molecule has 2 amide bonds. The molecule has 2 heterocycles. The molecule has 0 atom stereocenters. The van der Waals surface area contributed by atoms with Gasteiger partial charge in [-0.05, 0) is 37.1 Å². The van der Waals surface area contributed by atoms with Crippen LogP contribution in [-0.2, 0) is 4.79 Å². The molecule has 7 nitrogen and oxygen atoms in total. The van der Waals surface area contributed by atoms with Crippen LogP contribution in [0.2, 0.25) is 5.02 Å². The molecule has 144 valence electrons. The third kappa shape index (κ3) is 4.80. The van der Waals surface area contributed by atoms with Crippen molar-refractivity contribution in [1.29, 1.82) is 0 Å². The summed E-state index contributed by atoms with van der Waals surface area (Å²) in [5, 5.41) is 0.629. The molecule has 1 aromatic heterocycles. The summed E-state index contributed by atoms with van der Waals surface area (Å²) < 4.78 is 11.0. The molecule has 0 bridgehead atoms.